The van der Waals surface area contributed by atoms with Gasteiger partial charge in [-0.15, -0.1) is 0 Å². The number of amides is 2. The number of rotatable bonds is 7. The number of furan rings is 1. The number of pyridine rings is 1. The predicted molar refractivity (Wildman–Crippen MR) is 125 cm³/mol. The van der Waals surface area contributed by atoms with Gasteiger partial charge < -0.3 is 15.1 Å². The zero-order chi connectivity index (χ0) is 22.5. The molecule has 0 aliphatic rings. The van der Waals surface area contributed by atoms with Crippen LogP contribution in [0.5, 0.6) is 0 Å². The summed E-state index contributed by atoms with van der Waals surface area (Å²) in [5, 5.41) is 6.70. The monoisotopic (exact) mass is 427 g/mol. The maximum Gasteiger partial charge on any atom is 0.252 e. The lowest BCUT2D eigenvalue weighted by Gasteiger charge is -2.15. The molecule has 0 spiro atoms. The van der Waals surface area contributed by atoms with Gasteiger partial charge in [0.1, 0.15) is 5.76 Å². The highest BCUT2D eigenvalue weighted by Crippen LogP contribution is 2.26. The Hall–Kier alpha value is -3.93. The molecular weight excluding hydrogens is 402 g/mol. The van der Waals surface area contributed by atoms with Gasteiger partial charge in [-0.2, -0.15) is 0 Å². The molecule has 0 aliphatic heterocycles. The van der Waals surface area contributed by atoms with Crippen molar-refractivity contribution in [2.45, 2.75) is 32.7 Å². The van der Waals surface area contributed by atoms with Crippen molar-refractivity contribution in [3.8, 4) is 11.3 Å². The summed E-state index contributed by atoms with van der Waals surface area (Å²) in [6, 6.07) is 20.5. The van der Waals surface area contributed by atoms with Crippen LogP contribution in [-0.2, 0) is 11.2 Å². The minimum Gasteiger partial charge on any atom is -0.469 e. The second-order valence-electron chi connectivity index (χ2n) is 7.71. The van der Waals surface area contributed by atoms with E-state index in [0.717, 1.165) is 27.9 Å². The maximum atomic E-state index is 13.2. The Labute approximate surface area is 186 Å². The van der Waals surface area contributed by atoms with Crippen LogP contribution >= 0.6 is 0 Å². The third-order valence-corrected chi connectivity index (χ3v) is 5.21. The fourth-order valence-corrected chi connectivity index (χ4v) is 3.57. The van der Waals surface area contributed by atoms with Crippen LogP contribution in [0.15, 0.2) is 77.4 Å². The van der Waals surface area contributed by atoms with Crippen molar-refractivity contribution in [3.05, 3.63) is 84.3 Å². The molecule has 162 valence electrons. The lowest BCUT2D eigenvalue weighted by molar-refractivity contribution is -0.115. The molecule has 6 heteroatoms. The van der Waals surface area contributed by atoms with Crippen molar-refractivity contribution in [3.63, 3.8) is 0 Å². The minimum atomic E-state index is -0.157. The van der Waals surface area contributed by atoms with E-state index in [9.17, 15) is 9.59 Å². The highest BCUT2D eigenvalue weighted by molar-refractivity contribution is 6.07. The lowest BCUT2D eigenvalue weighted by Crippen LogP contribution is -2.34. The first-order valence-corrected chi connectivity index (χ1v) is 10.7. The van der Waals surface area contributed by atoms with Crippen LogP contribution in [0.1, 0.15) is 36.4 Å². The second kappa shape index (κ2) is 9.47. The Morgan fingerprint density at radius 1 is 1.03 bits per heavy atom. The number of para-hydroxylation sites is 1. The van der Waals surface area contributed by atoms with E-state index in [0.29, 0.717) is 24.1 Å². The second-order valence-corrected chi connectivity index (χ2v) is 7.71. The van der Waals surface area contributed by atoms with Crippen molar-refractivity contribution in [2.24, 2.45) is 0 Å². The minimum absolute atomic E-state index is 0.0378. The molecule has 0 saturated heterocycles. The largest absolute Gasteiger partial charge is 0.469 e. The van der Waals surface area contributed by atoms with Gasteiger partial charge in [0.15, 0.2) is 0 Å². The van der Waals surface area contributed by atoms with Crippen LogP contribution in [0.25, 0.3) is 22.2 Å². The Bertz CT molecular complexity index is 1230. The summed E-state index contributed by atoms with van der Waals surface area (Å²) >= 11 is 0. The van der Waals surface area contributed by atoms with Crippen LogP contribution in [0.2, 0.25) is 0 Å². The molecule has 0 fully saturated rings. The molecule has 32 heavy (non-hydrogen) atoms. The van der Waals surface area contributed by atoms with Gasteiger partial charge in [0.2, 0.25) is 5.91 Å². The number of nitrogens with zero attached hydrogens (tertiary/aromatic N) is 1. The zero-order valence-corrected chi connectivity index (χ0v) is 18.1. The predicted octanol–water partition coefficient (Wildman–Crippen LogP) is 5.20. The van der Waals surface area contributed by atoms with Crippen LogP contribution in [0.3, 0.4) is 0 Å². The summed E-state index contributed by atoms with van der Waals surface area (Å²) in [7, 11) is 0. The SMILES string of the molecule is CCC(=O)Nc1ccc(-c2cc(C(=O)N[C@H](C)Cc3ccco3)c3ccccc3n2)cc1. The normalized spacial score (nSPS) is 11.8. The highest BCUT2D eigenvalue weighted by Gasteiger charge is 2.16. The molecule has 0 aliphatic carbocycles. The Kier molecular flexibility index (Phi) is 6.31. The highest BCUT2D eigenvalue weighted by atomic mass is 16.3. The van der Waals surface area contributed by atoms with Gasteiger partial charge in [-0.1, -0.05) is 37.3 Å². The number of aromatic nitrogens is 1. The molecule has 0 unspecified atom stereocenters. The zero-order valence-electron chi connectivity index (χ0n) is 18.1. The number of carbonyl (C=O) groups is 2. The van der Waals surface area contributed by atoms with E-state index in [1.165, 1.54) is 0 Å². The molecule has 1 atom stereocenters. The van der Waals surface area contributed by atoms with E-state index in [2.05, 4.69) is 10.6 Å². The van der Waals surface area contributed by atoms with E-state index < -0.39 is 0 Å². The van der Waals surface area contributed by atoms with Gasteiger partial charge in [0.05, 0.1) is 23.0 Å². The average Bonchev–Trinajstić information content (AvgIpc) is 3.31. The summed E-state index contributed by atoms with van der Waals surface area (Å²) in [4.78, 5) is 29.5. The average molecular weight is 428 g/mol. The number of nitrogens with one attached hydrogen (secondary N) is 2. The fraction of sp³-hybridized carbons (Fsp3) is 0.192. The first-order chi connectivity index (χ1) is 15.5. The quantitative estimate of drug-likeness (QED) is 0.424. The van der Waals surface area contributed by atoms with Gasteiger partial charge in [-0.25, -0.2) is 4.98 Å². The molecule has 4 rings (SSSR count). The number of anilines is 1. The van der Waals surface area contributed by atoms with E-state index >= 15 is 0 Å². The molecule has 2 amide bonds. The molecule has 0 radical (unpaired) electrons. The standard InChI is InChI=1S/C26H25N3O3/c1-3-25(30)28-19-12-10-18(11-13-19)24-16-22(21-8-4-5-9-23(21)29-24)26(31)27-17(2)15-20-7-6-14-32-20/h4-14,16-17H,3,15H2,1-2H3,(H,27,31)(H,28,30)/t17-/m1/s1. The number of carbonyl (C=O) groups excluding carboxylic acids is 2. The molecular formula is C26H25N3O3. The van der Waals surface area contributed by atoms with E-state index in [4.69, 9.17) is 9.40 Å². The number of benzene rings is 2. The third kappa shape index (κ3) is 4.86. The van der Waals surface area contributed by atoms with Gasteiger partial charge in [0, 0.05) is 35.5 Å². The van der Waals surface area contributed by atoms with Gasteiger partial charge in [-0.05, 0) is 43.3 Å². The van der Waals surface area contributed by atoms with Gasteiger partial charge in [0.25, 0.3) is 5.91 Å². The van der Waals surface area contributed by atoms with E-state index in [-0.39, 0.29) is 17.9 Å². The maximum absolute atomic E-state index is 13.2. The first-order valence-electron chi connectivity index (χ1n) is 10.7. The van der Waals surface area contributed by atoms with Crippen molar-refractivity contribution in [1.29, 1.82) is 0 Å². The molecule has 2 N–H and O–H groups in total. The molecule has 2 heterocycles. The third-order valence-electron chi connectivity index (χ3n) is 5.21. The summed E-state index contributed by atoms with van der Waals surface area (Å²) in [6.45, 7) is 3.76. The smallest absolute Gasteiger partial charge is 0.252 e. The van der Waals surface area contributed by atoms with Crippen LogP contribution in [0.4, 0.5) is 5.69 Å². The first kappa shape index (κ1) is 21.3. The molecule has 6 nitrogen and oxygen atoms in total. The summed E-state index contributed by atoms with van der Waals surface area (Å²) in [6.07, 6.45) is 2.66. The van der Waals surface area contributed by atoms with Crippen molar-refractivity contribution >= 4 is 28.4 Å². The Balaban J connectivity index is 1.62. The van der Waals surface area contributed by atoms with Crippen molar-refractivity contribution in [1.82, 2.24) is 10.3 Å². The van der Waals surface area contributed by atoms with Crippen molar-refractivity contribution in [2.75, 3.05) is 5.32 Å². The van der Waals surface area contributed by atoms with Crippen LogP contribution < -0.4 is 10.6 Å². The van der Waals surface area contributed by atoms with E-state index in [1.807, 2.05) is 80.6 Å². The number of hydrogen-bond donors (Lipinski definition) is 2. The molecule has 2 aromatic carbocycles. The van der Waals surface area contributed by atoms with Crippen molar-refractivity contribution < 1.29 is 14.0 Å². The van der Waals surface area contributed by atoms with Crippen LogP contribution in [0, 0.1) is 0 Å². The Morgan fingerprint density at radius 3 is 2.53 bits per heavy atom. The molecule has 0 bridgehead atoms. The molecule has 0 saturated carbocycles. The number of hydrogen-bond acceptors (Lipinski definition) is 4. The summed E-state index contributed by atoms with van der Waals surface area (Å²) < 4.78 is 5.39. The molecule has 4 aromatic rings. The summed E-state index contributed by atoms with van der Waals surface area (Å²) in [5.41, 5.74) is 3.60. The Morgan fingerprint density at radius 2 is 1.81 bits per heavy atom. The number of fused-ring (bicyclic) bond motifs is 1. The van der Waals surface area contributed by atoms with Crippen LogP contribution in [-0.4, -0.2) is 22.8 Å². The van der Waals surface area contributed by atoms with Gasteiger partial charge in [-0.3, -0.25) is 9.59 Å². The topological polar surface area (TPSA) is 84.2 Å². The lowest BCUT2D eigenvalue weighted by atomic mass is 10.0. The molecule has 2 aromatic heterocycles. The summed E-state index contributed by atoms with van der Waals surface area (Å²) in [5.74, 6) is 0.633. The van der Waals surface area contributed by atoms with E-state index in [1.54, 1.807) is 6.26 Å². The fourth-order valence-electron chi connectivity index (χ4n) is 3.57. The van der Waals surface area contributed by atoms with Gasteiger partial charge >= 0.3 is 0 Å².